The first kappa shape index (κ1) is 16.1. The SMILES string of the molecule is CN1CCCC(CNC(=O)N(CC(=O)O)C2CCCC2)C1. The lowest BCUT2D eigenvalue weighted by molar-refractivity contribution is -0.138. The molecule has 1 heterocycles. The number of carbonyl (C=O) groups excluding carboxylic acids is 1. The van der Waals surface area contributed by atoms with Crippen molar-refractivity contribution in [2.75, 3.05) is 33.2 Å². The maximum absolute atomic E-state index is 12.3. The number of likely N-dealkylation sites (tertiary alicyclic amines) is 1. The molecule has 1 aliphatic carbocycles. The van der Waals surface area contributed by atoms with Crippen molar-refractivity contribution >= 4 is 12.0 Å². The molecule has 1 aliphatic heterocycles. The van der Waals surface area contributed by atoms with Gasteiger partial charge >= 0.3 is 12.0 Å². The average Bonchev–Trinajstić information content (AvgIpc) is 2.96. The lowest BCUT2D eigenvalue weighted by atomic mass is 9.98. The molecule has 6 nitrogen and oxygen atoms in total. The van der Waals surface area contributed by atoms with Crippen LogP contribution in [0.2, 0.25) is 0 Å². The van der Waals surface area contributed by atoms with E-state index in [-0.39, 0.29) is 18.6 Å². The van der Waals surface area contributed by atoms with E-state index in [9.17, 15) is 9.59 Å². The monoisotopic (exact) mass is 297 g/mol. The number of aliphatic carboxylic acids is 1. The Balaban J connectivity index is 1.84. The molecular formula is C15H27N3O3. The van der Waals surface area contributed by atoms with Crippen LogP contribution < -0.4 is 5.32 Å². The number of hydrogen-bond donors (Lipinski definition) is 2. The number of carboxylic acid groups (broad SMARTS) is 1. The van der Waals surface area contributed by atoms with Gasteiger partial charge in [0.2, 0.25) is 0 Å². The number of nitrogens with one attached hydrogen (secondary N) is 1. The molecule has 0 aromatic rings. The normalized spacial score (nSPS) is 24.0. The van der Waals surface area contributed by atoms with Gasteiger partial charge in [-0.2, -0.15) is 0 Å². The van der Waals surface area contributed by atoms with Gasteiger partial charge in [0.1, 0.15) is 6.54 Å². The van der Waals surface area contributed by atoms with Crippen molar-refractivity contribution in [1.29, 1.82) is 0 Å². The van der Waals surface area contributed by atoms with E-state index in [0.29, 0.717) is 12.5 Å². The van der Waals surface area contributed by atoms with Crippen molar-refractivity contribution in [1.82, 2.24) is 15.1 Å². The molecule has 1 unspecified atom stereocenters. The Morgan fingerprint density at radius 3 is 2.57 bits per heavy atom. The summed E-state index contributed by atoms with van der Waals surface area (Å²) in [5.41, 5.74) is 0. The van der Waals surface area contributed by atoms with E-state index in [2.05, 4.69) is 17.3 Å². The largest absolute Gasteiger partial charge is 0.480 e. The first-order valence-corrected chi connectivity index (χ1v) is 8.01. The van der Waals surface area contributed by atoms with Gasteiger partial charge in [-0.3, -0.25) is 4.79 Å². The molecule has 1 saturated carbocycles. The molecule has 0 bridgehead atoms. The van der Waals surface area contributed by atoms with E-state index in [1.807, 2.05) is 0 Å². The van der Waals surface area contributed by atoms with Crippen LogP contribution in [0, 0.1) is 5.92 Å². The molecule has 0 spiro atoms. The Kier molecular flexibility index (Phi) is 5.85. The van der Waals surface area contributed by atoms with Gasteiger partial charge in [0.25, 0.3) is 0 Å². The Bertz CT molecular complexity index is 369. The molecule has 1 saturated heterocycles. The zero-order valence-electron chi connectivity index (χ0n) is 12.9. The van der Waals surface area contributed by atoms with E-state index in [1.54, 1.807) is 0 Å². The van der Waals surface area contributed by atoms with E-state index in [4.69, 9.17) is 5.11 Å². The standard InChI is InChI=1S/C15H27N3O3/c1-17-8-4-5-12(10-17)9-16-15(21)18(11-14(19)20)13-6-2-3-7-13/h12-13H,2-11H2,1H3,(H,16,21)(H,19,20). The first-order chi connectivity index (χ1) is 10.1. The molecule has 2 fully saturated rings. The minimum absolute atomic E-state index is 0.0927. The van der Waals surface area contributed by atoms with Crippen LogP contribution in [0.5, 0.6) is 0 Å². The molecule has 2 aliphatic rings. The zero-order chi connectivity index (χ0) is 15.2. The molecule has 21 heavy (non-hydrogen) atoms. The Morgan fingerprint density at radius 2 is 1.95 bits per heavy atom. The van der Waals surface area contributed by atoms with Crippen molar-refractivity contribution in [2.45, 2.75) is 44.6 Å². The van der Waals surface area contributed by atoms with Crippen LogP contribution in [-0.4, -0.2) is 66.2 Å². The van der Waals surface area contributed by atoms with Crippen molar-refractivity contribution < 1.29 is 14.7 Å². The Morgan fingerprint density at radius 1 is 1.24 bits per heavy atom. The minimum atomic E-state index is -0.936. The maximum atomic E-state index is 12.3. The predicted molar refractivity (Wildman–Crippen MR) is 80.2 cm³/mol. The molecule has 120 valence electrons. The van der Waals surface area contributed by atoms with E-state index in [0.717, 1.165) is 45.2 Å². The van der Waals surface area contributed by atoms with E-state index in [1.165, 1.54) is 11.3 Å². The predicted octanol–water partition coefficient (Wildman–Crippen LogP) is 1.37. The fraction of sp³-hybridized carbons (Fsp3) is 0.867. The van der Waals surface area contributed by atoms with Gasteiger partial charge in [-0.05, 0) is 45.2 Å². The van der Waals surface area contributed by atoms with E-state index < -0.39 is 5.97 Å². The fourth-order valence-corrected chi connectivity index (χ4v) is 3.50. The molecule has 0 aromatic carbocycles. The minimum Gasteiger partial charge on any atom is -0.480 e. The smallest absolute Gasteiger partial charge is 0.323 e. The van der Waals surface area contributed by atoms with Crippen LogP contribution in [-0.2, 0) is 4.79 Å². The number of piperidine rings is 1. The van der Waals surface area contributed by atoms with Gasteiger partial charge in [0.05, 0.1) is 0 Å². The fourth-order valence-electron chi connectivity index (χ4n) is 3.50. The van der Waals surface area contributed by atoms with Gasteiger partial charge in [-0.1, -0.05) is 12.8 Å². The van der Waals surface area contributed by atoms with Crippen molar-refractivity contribution in [3.63, 3.8) is 0 Å². The Hall–Kier alpha value is -1.30. The number of carboxylic acids is 1. The third kappa shape index (κ3) is 4.88. The number of urea groups is 1. The van der Waals surface area contributed by atoms with Gasteiger partial charge in [0.15, 0.2) is 0 Å². The lowest BCUT2D eigenvalue weighted by Gasteiger charge is -2.32. The van der Waals surface area contributed by atoms with Crippen LogP contribution in [0.25, 0.3) is 0 Å². The first-order valence-electron chi connectivity index (χ1n) is 8.01. The summed E-state index contributed by atoms with van der Waals surface area (Å²) in [5.74, 6) is -0.461. The van der Waals surface area contributed by atoms with Gasteiger partial charge in [0, 0.05) is 19.1 Å². The summed E-state index contributed by atoms with van der Waals surface area (Å²) in [7, 11) is 2.10. The van der Waals surface area contributed by atoms with Crippen molar-refractivity contribution in [3.05, 3.63) is 0 Å². The van der Waals surface area contributed by atoms with E-state index >= 15 is 0 Å². The van der Waals surface area contributed by atoms with Crippen LogP contribution in [0.4, 0.5) is 4.79 Å². The third-order valence-electron chi connectivity index (χ3n) is 4.60. The summed E-state index contributed by atoms with van der Waals surface area (Å²) in [6.45, 7) is 2.58. The number of carbonyl (C=O) groups is 2. The van der Waals surface area contributed by atoms with Crippen LogP contribution >= 0.6 is 0 Å². The van der Waals surface area contributed by atoms with Crippen molar-refractivity contribution in [3.8, 4) is 0 Å². The third-order valence-corrected chi connectivity index (χ3v) is 4.60. The average molecular weight is 297 g/mol. The molecule has 2 rings (SSSR count). The van der Waals surface area contributed by atoms with Gasteiger partial charge in [-0.25, -0.2) is 4.79 Å². The Labute approximate surface area is 126 Å². The molecule has 0 radical (unpaired) electrons. The highest BCUT2D eigenvalue weighted by atomic mass is 16.4. The van der Waals surface area contributed by atoms with Gasteiger partial charge in [-0.15, -0.1) is 0 Å². The number of hydrogen-bond acceptors (Lipinski definition) is 3. The number of amides is 2. The summed E-state index contributed by atoms with van der Waals surface area (Å²) >= 11 is 0. The van der Waals surface area contributed by atoms with Crippen LogP contribution in [0.3, 0.4) is 0 Å². The molecular weight excluding hydrogens is 270 g/mol. The summed E-state index contributed by atoms with van der Waals surface area (Å²) in [6, 6.07) is -0.118. The molecule has 6 heteroatoms. The van der Waals surface area contributed by atoms with Crippen molar-refractivity contribution in [2.24, 2.45) is 5.92 Å². The highest BCUT2D eigenvalue weighted by Gasteiger charge is 2.28. The molecule has 2 amide bonds. The lowest BCUT2D eigenvalue weighted by Crippen LogP contribution is -2.49. The molecule has 1 atom stereocenters. The second kappa shape index (κ2) is 7.64. The quantitative estimate of drug-likeness (QED) is 0.804. The van der Waals surface area contributed by atoms with Crippen LogP contribution in [0.1, 0.15) is 38.5 Å². The summed E-state index contributed by atoms with van der Waals surface area (Å²) in [4.78, 5) is 27.1. The molecule has 0 aromatic heterocycles. The topological polar surface area (TPSA) is 72.9 Å². The summed E-state index contributed by atoms with van der Waals surface area (Å²) in [6.07, 6.45) is 6.31. The summed E-state index contributed by atoms with van der Waals surface area (Å²) < 4.78 is 0. The second-order valence-electron chi connectivity index (χ2n) is 6.42. The van der Waals surface area contributed by atoms with Crippen LogP contribution in [0.15, 0.2) is 0 Å². The highest BCUT2D eigenvalue weighted by Crippen LogP contribution is 2.23. The zero-order valence-corrected chi connectivity index (χ0v) is 12.9. The van der Waals surface area contributed by atoms with Gasteiger partial charge < -0.3 is 20.2 Å². The highest BCUT2D eigenvalue weighted by molar-refractivity contribution is 5.80. The number of nitrogens with zero attached hydrogens (tertiary/aromatic N) is 2. The second-order valence-corrected chi connectivity index (χ2v) is 6.42. The number of rotatable bonds is 5. The maximum Gasteiger partial charge on any atom is 0.323 e. The molecule has 2 N–H and O–H groups in total. The summed E-state index contributed by atoms with van der Waals surface area (Å²) in [5, 5.41) is 12.0.